The average molecular weight is 311 g/mol. The quantitative estimate of drug-likeness (QED) is 0.569. The summed E-state index contributed by atoms with van der Waals surface area (Å²) in [5.74, 6) is 0.863. The van der Waals surface area contributed by atoms with Gasteiger partial charge in [0.25, 0.3) is 0 Å². The zero-order chi connectivity index (χ0) is 15.7. The lowest BCUT2D eigenvalue weighted by Gasteiger charge is -2.27. The fourth-order valence-electron chi connectivity index (χ4n) is 2.25. The Labute approximate surface area is 132 Å². The summed E-state index contributed by atoms with van der Waals surface area (Å²) < 4.78 is 0. The molecule has 2 N–H and O–H groups in total. The second kappa shape index (κ2) is 9.73. The van der Waals surface area contributed by atoms with Crippen molar-refractivity contribution < 1.29 is 0 Å². The lowest BCUT2D eigenvalue weighted by molar-refractivity contribution is 0.231. The molecule has 0 aliphatic carbocycles. The predicted octanol–water partition coefficient (Wildman–Crippen LogP) is 1.89. The highest BCUT2D eigenvalue weighted by molar-refractivity contribution is 7.11. The van der Waals surface area contributed by atoms with Crippen LogP contribution in [0.25, 0.3) is 0 Å². The number of guanidine groups is 1. The van der Waals surface area contributed by atoms with Gasteiger partial charge in [-0.05, 0) is 26.9 Å². The zero-order valence-corrected chi connectivity index (χ0v) is 14.8. The van der Waals surface area contributed by atoms with Gasteiger partial charge in [0.15, 0.2) is 5.96 Å². The number of hydrogen-bond acceptors (Lipinski definition) is 4. The number of aromatic nitrogens is 1. The van der Waals surface area contributed by atoms with Gasteiger partial charge in [-0.15, -0.1) is 11.3 Å². The third-order valence-corrected chi connectivity index (χ3v) is 4.50. The third kappa shape index (κ3) is 6.44. The van der Waals surface area contributed by atoms with E-state index in [1.165, 1.54) is 9.88 Å². The van der Waals surface area contributed by atoms with Crippen molar-refractivity contribution in [3.05, 3.63) is 16.1 Å². The molecule has 0 spiro atoms. The highest BCUT2D eigenvalue weighted by Gasteiger charge is 2.10. The summed E-state index contributed by atoms with van der Waals surface area (Å²) in [5, 5.41) is 7.91. The van der Waals surface area contributed by atoms with Gasteiger partial charge in [0.2, 0.25) is 0 Å². The second-order valence-electron chi connectivity index (χ2n) is 5.06. The number of aliphatic imine (C=N–C) groups is 1. The molecule has 0 saturated heterocycles. The minimum atomic E-state index is 0.500. The smallest absolute Gasteiger partial charge is 0.191 e. The normalized spacial score (nSPS) is 13.5. The number of nitrogens with zero attached hydrogens (tertiary/aromatic N) is 3. The van der Waals surface area contributed by atoms with Crippen molar-refractivity contribution in [1.82, 2.24) is 20.5 Å². The number of rotatable bonds is 8. The number of nitrogens with one attached hydrogen (secondary N) is 2. The van der Waals surface area contributed by atoms with E-state index >= 15 is 0 Å². The van der Waals surface area contributed by atoms with Crippen LogP contribution in [0.3, 0.4) is 0 Å². The van der Waals surface area contributed by atoms with Gasteiger partial charge in [-0.25, -0.2) is 4.98 Å². The molecule has 6 heteroatoms. The summed E-state index contributed by atoms with van der Waals surface area (Å²) in [5.41, 5.74) is 0. The number of hydrogen-bond donors (Lipinski definition) is 2. The van der Waals surface area contributed by atoms with Crippen LogP contribution in [0.4, 0.5) is 0 Å². The van der Waals surface area contributed by atoms with E-state index in [0.717, 1.165) is 38.6 Å². The van der Waals surface area contributed by atoms with E-state index in [9.17, 15) is 0 Å². The van der Waals surface area contributed by atoms with E-state index < -0.39 is 0 Å². The van der Waals surface area contributed by atoms with Crippen molar-refractivity contribution in [2.75, 3.05) is 33.2 Å². The highest BCUT2D eigenvalue weighted by atomic mass is 32.1. The molecule has 0 bridgehead atoms. The Morgan fingerprint density at radius 1 is 1.38 bits per heavy atom. The fraction of sp³-hybridized carbons (Fsp3) is 0.733. The van der Waals surface area contributed by atoms with E-state index in [1.54, 1.807) is 11.3 Å². The molecular weight excluding hydrogens is 282 g/mol. The molecule has 1 atom stereocenters. The molecule has 0 aliphatic rings. The Hall–Kier alpha value is -1.14. The standard InChI is InChI=1S/C15H29N5S/c1-6-20(7-2)12(3)10-19-15(16-5)17-9-8-14-18-11-13(4)21-14/h11-12H,6-10H2,1-5H3,(H2,16,17,19). The van der Waals surface area contributed by atoms with Crippen LogP contribution in [-0.4, -0.2) is 55.1 Å². The zero-order valence-electron chi connectivity index (χ0n) is 13.9. The maximum Gasteiger partial charge on any atom is 0.191 e. The van der Waals surface area contributed by atoms with Gasteiger partial charge < -0.3 is 10.6 Å². The summed E-state index contributed by atoms with van der Waals surface area (Å²) in [4.78, 5) is 12.3. The Bertz CT molecular complexity index is 425. The monoisotopic (exact) mass is 311 g/mol. The number of thiazole rings is 1. The van der Waals surface area contributed by atoms with Crippen molar-refractivity contribution in [1.29, 1.82) is 0 Å². The van der Waals surface area contributed by atoms with E-state index in [-0.39, 0.29) is 0 Å². The second-order valence-corrected chi connectivity index (χ2v) is 6.38. The Kier molecular flexibility index (Phi) is 8.30. The predicted molar refractivity (Wildman–Crippen MR) is 92.3 cm³/mol. The minimum Gasteiger partial charge on any atom is -0.356 e. The van der Waals surface area contributed by atoms with Crippen LogP contribution in [0, 0.1) is 6.92 Å². The molecule has 0 amide bonds. The maximum atomic E-state index is 4.37. The Morgan fingerprint density at radius 2 is 2.10 bits per heavy atom. The van der Waals surface area contributed by atoms with Crippen molar-refractivity contribution >= 4 is 17.3 Å². The highest BCUT2D eigenvalue weighted by Crippen LogP contribution is 2.10. The lowest BCUT2D eigenvalue weighted by atomic mass is 10.3. The lowest BCUT2D eigenvalue weighted by Crippen LogP contribution is -2.46. The molecule has 0 aliphatic heterocycles. The molecule has 1 rings (SSSR count). The molecule has 120 valence electrons. The van der Waals surface area contributed by atoms with E-state index in [4.69, 9.17) is 0 Å². The maximum absolute atomic E-state index is 4.37. The van der Waals surface area contributed by atoms with Crippen LogP contribution in [-0.2, 0) is 6.42 Å². The van der Waals surface area contributed by atoms with Crippen LogP contribution in [0.1, 0.15) is 30.7 Å². The first-order valence-electron chi connectivity index (χ1n) is 7.70. The summed E-state index contributed by atoms with van der Waals surface area (Å²) in [6.45, 7) is 12.6. The largest absolute Gasteiger partial charge is 0.356 e. The molecule has 1 heterocycles. The fourth-order valence-corrected chi connectivity index (χ4v) is 3.03. The van der Waals surface area contributed by atoms with Crippen molar-refractivity contribution in [2.24, 2.45) is 4.99 Å². The van der Waals surface area contributed by atoms with Crippen LogP contribution < -0.4 is 10.6 Å². The van der Waals surface area contributed by atoms with Gasteiger partial charge >= 0.3 is 0 Å². The van der Waals surface area contributed by atoms with Crippen LogP contribution in [0.5, 0.6) is 0 Å². The summed E-state index contributed by atoms with van der Waals surface area (Å²) in [7, 11) is 1.81. The first kappa shape index (κ1) is 17.9. The van der Waals surface area contributed by atoms with Crippen LogP contribution >= 0.6 is 11.3 Å². The van der Waals surface area contributed by atoms with Gasteiger partial charge in [-0.2, -0.15) is 0 Å². The van der Waals surface area contributed by atoms with Gasteiger partial charge in [0, 0.05) is 43.7 Å². The van der Waals surface area contributed by atoms with Crippen molar-refractivity contribution in [2.45, 2.75) is 40.2 Å². The molecule has 1 unspecified atom stereocenters. The Balaban J connectivity index is 2.29. The van der Waals surface area contributed by atoms with E-state index in [0.29, 0.717) is 6.04 Å². The molecule has 21 heavy (non-hydrogen) atoms. The van der Waals surface area contributed by atoms with Crippen molar-refractivity contribution in [3.63, 3.8) is 0 Å². The van der Waals surface area contributed by atoms with Crippen LogP contribution in [0.2, 0.25) is 0 Å². The van der Waals surface area contributed by atoms with Crippen molar-refractivity contribution in [3.8, 4) is 0 Å². The average Bonchev–Trinajstić information content (AvgIpc) is 2.89. The minimum absolute atomic E-state index is 0.500. The van der Waals surface area contributed by atoms with E-state index in [2.05, 4.69) is 53.2 Å². The van der Waals surface area contributed by atoms with Crippen LogP contribution in [0.15, 0.2) is 11.2 Å². The molecule has 0 aromatic carbocycles. The molecule has 0 saturated carbocycles. The van der Waals surface area contributed by atoms with Gasteiger partial charge in [-0.3, -0.25) is 9.89 Å². The molecule has 0 radical (unpaired) electrons. The molecule has 5 nitrogen and oxygen atoms in total. The molecular formula is C15H29N5S. The molecule has 0 fully saturated rings. The SMILES string of the molecule is CCN(CC)C(C)CNC(=NC)NCCc1ncc(C)s1. The third-order valence-electron chi connectivity index (χ3n) is 3.52. The van der Waals surface area contributed by atoms with Gasteiger partial charge in [-0.1, -0.05) is 13.8 Å². The number of aryl methyl sites for hydroxylation is 1. The van der Waals surface area contributed by atoms with Gasteiger partial charge in [0.1, 0.15) is 0 Å². The molecule has 1 aromatic rings. The van der Waals surface area contributed by atoms with E-state index in [1.807, 2.05) is 13.2 Å². The summed E-state index contributed by atoms with van der Waals surface area (Å²) in [6, 6.07) is 0.500. The number of likely N-dealkylation sites (N-methyl/N-ethyl adjacent to an activating group) is 1. The first-order chi connectivity index (χ1) is 10.1. The molecule has 1 aromatic heterocycles. The topological polar surface area (TPSA) is 52.5 Å². The summed E-state index contributed by atoms with van der Waals surface area (Å²) in [6.07, 6.45) is 2.86. The first-order valence-corrected chi connectivity index (χ1v) is 8.52. The summed E-state index contributed by atoms with van der Waals surface area (Å²) >= 11 is 1.76. The van der Waals surface area contributed by atoms with Gasteiger partial charge in [0.05, 0.1) is 5.01 Å². The Morgan fingerprint density at radius 3 is 2.62 bits per heavy atom.